The Morgan fingerprint density at radius 1 is 1.41 bits per heavy atom. The van der Waals surface area contributed by atoms with Crippen LogP contribution in [0.3, 0.4) is 0 Å². The van der Waals surface area contributed by atoms with Gasteiger partial charge in [0.05, 0.1) is 25.9 Å². The Labute approximate surface area is 159 Å². The molecule has 1 heterocycles. The van der Waals surface area contributed by atoms with E-state index < -0.39 is 5.60 Å². The molecule has 2 rings (SSSR count). The van der Waals surface area contributed by atoms with Crippen LogP contribution in [-0.2, 0) is 30.5 Å². The van der Waals surface area contributed by atoms with E-state index in [0.717, 1.165) is 11.1 Å². The van der Waals surface area contributed by atoms with E-state index in [1.54, 1.807) is 43.2 Å². The number of guanidine groups is 1. The molecular weight excluding hydrogens is 349 g/mol. The van der Waals surface area contributed by atoms with E-state index in [0.29, 0.717) is 24.6 Å². The molecule has 0 spiro atoms. The zero-order chi connectivity index (χ0) is 19.9. The molecule has 0 aliphatic carbocycles. The smallest absolute Gasteiger partial charge is 0.191 e. The number of methoxy groups -OCH3 is 1. The highest BCUT2D eigenvalue weighted by Gasteiger charge is 2.24. The van der Waals surface area contributed by atoms with Crippen LogP contribution in [0.25, 0.3) is 0 Å². The van der Waals surface area contributed by atoms with Crippen molar-refractivity contribution in [3.05, 3.63) is 53.1 Å². The lowest BCUT2D eigenvalue weighted by molar-refractivity contribution is 0.0616. The summed E-state index contributed by atoms with van der Waals surface area (Å²) in [6.07, 6.45) is 3.42. The van der Waals surface area contributed by atoms with E-state index in [9.17, 15) is 9.50 Å². The number of rotatable bonds is 8. The van der Waals surface area contributed by atoms with Crippen molar-refractivity contribution in [1.29, 1.82) is 0 Å². The van der Waals surface area contributed by atoms with E-state index in [1.807, 2.05) is 6.92 Å². The van der Waals surface area contributed by atoms with Gasteiger partial charge in [-0.2, -0.15) is 5.10 Å². The van der Waals surface area contributed by atoms with Crippen molar-refractivity contribution in [2.24, 2.45) is 12.0 Å². The lowest BCUT2D eigenvalue weighted by Gasteiger charge is -2.23. The second kappa shape index (κ2) is 9.48. The average molecular weight is 377 g/mol. The number of ether oxygens (including phenoxy) is 1. The summed E-state index contributed by atoms with van der Waals surface area (Å²) in [6.45, 7) is 5.22. The fourth-order valence-electron chi connectivity index (χ4n) is 2.56. The molecule has 27 heavy (non-hydrogen) atoms. The van der Waals surface area contributed by atoms with Crippen LogP contribution in [0.2, 0.25) is 0 Å². The predicted octanol–water partition coefficient (Wildman–Crippen LogP) is 1.67. The van der Waals surface area contributed by atoms with Crippen LogP contribution in [0.4, 0.5) is 4.39 Å². The largest absolute Gasteiger partial charge is 0.383 e. The number of benzene rings is 1. The summed E-state index contributed by atoms with van der Waals surface area (Å²) in [4.78, 5) is 4.52. The first-order chi connectivity index (χ1) is 12.9. The number of halogens is 1. The first kappa shape index (κ1) is 20.9. The Morgan fingerprint density at radius 3 is 2.81 bits per heavy atom. The summed E-state index contributed by atoms with van der Waals surface area (Å²) >= 11 is 0. The molecule has 0 saturated heterocycles. The van der Waals surface area contributed by atoms with Gasteiger partial charge in [0.15, 0.2) is 5.96 Å². The quantitative estimate of drug-likeness (QED) is 0.481. The predicted molar refractivity (Wildman–Crippen MR) is 103 cm³/mol. The Kier molecular flexibility index (Phi) is 7.32. The summed E-state index contributed by atoms with van der Waals surface area (Å²) in [5.41, 5.74) is 1.00. The molecule has 148 valence electrons. The molecule has 1 aromatic heterocycles. The van der Waals surface area contributed by atoms with Gasteiger partial charge in [0, 0.05) is 38.0 Å². The molecule has 0 bridgehead atoms. The fourth-order valence-corrected chi connectivity index (χ4v) is 2.56. The monoisotopic (exact) mass is 377 g/mol. The molecule has 0 fully saturated rings. The first-order valence-corrected chi connectivity index (χ1v) is 8.85. The molecule has 0 aliphatic heterocycles. The molecule has 1 atom stereocenters. The molecule has 7 nitrogen and oxygen atoms in total. The van der Waals surface area contributed by atoms with Crippen molar-refractivity contribution in [3.8, 4) is 0 Å². The van der Waals surface area contributed by atoms with E-state index in [4.69, 9.17) is 4.74 Å². The van der Waals surface area contributed by atoms with Gasteiger partial charge < -0.3 is 20.5 Å². The maximum absolute atomic E-state index is 13.7. The molecule has 1 unspecified atom stereocenters. The summed E-state index contributed by atoms with van der Waals surface area (Å²) in [7, 11) is 3.34. The minimum Gasteiger partial charge on any atom is -0.383 e. The second-order valence-corrected chi connectivity index (χ2v) is 6.58. The molecule has 8 heteroatoms. The topological polar surface area (TPSA) is 83.7 Å². The highest BCUT2D eigenvalue weighted by atomic mass is 19.1. The number of aryl methyl sites for hydroxylation is 1. The van der Waals surface area contributed by atoms with E-state index in [2.05, 4.69) is 20.7 Å². The standard InChI is InChI=1S/C19H28FN5O2/c1-5-21-18(23-13-19(2,26)16-10-24-25(3)11-16)22-9-14-6-7-17(20)15(8-14)12-27-4/h6-8,10-11,26H,5,9,12-13H2,1-4H3,(H2,21,22,23). The van der Waals surface area contributed by atoms with Gasteiger partial charge in [0.1, 0.15) is 11.4 Å². The number of hydrogen-bond donors (Lipinski definition) is 3. The Balaban J connectivity index is 2.04. The SMILES string of the molecule is CCNC(=NCc1ccc(F)c(COC)c1)NCC(C)(O)c1cnn(C)c1. The summed E-state index contributed by atoms with van der Waals surface area (Å²) in [5, 5.41) is 21.1. The Hall–Kier alpha value is -2.45. The molecule has 3 N–H and O–H groups in total. The number of nitrogens with zero attached hydrogens (tertiary/aromatic N) is 3. The van der Waals surface area contributed by atoms with E-state index in [1.165, 1.54) is 13.2 Å². The molecule has 0 radical (unpaired) electrons. The van der Waals surface area contributed by atoms with Crippen LogP contribution in [0.15, 0.2) is 35.6 Å². The van der Waals surface area contributed by atoms with Crippen molar-refractivity contribution < 1.29 is 14.2 Å². The summed E-state index contributed by atoms with van der Waals surface area (Å²) in [5.74, 6) is 0.279. The van der Waals surface area contributed by atoms with Gasteiger partial charge in [0.25, 0.3) is 0 Å². The van der Waals surface area contributed by atoms with Crippen LogP contribution in [0.5, 0.6) is 0 Å². The number of hydrogen-bond acceptors (Lipinski definition) is 4. The fraction of sp³-hybridized carbons (Fsp3) is 0.474. The third kappa shape index (κ3) is 6.04. The highest BCUT2D eigenvalue weighted by molar-refractivity contribution is 5.79. The summed E-state index contributed by atoms with van der Waals surface area (Å²) in [6, 6.07) is 4.87. The number of aliphatic hydroxyl groups is 1. The molecule has 0 aliphatic rings. The summed E-state index contributed by atoms with van der Waals surface area (Å²) < 4.78 is 20.4. The highest BCUT2D eigenvalue weighted by Crippen LogP contribution is 2.18. The van der Waals surface area contributed by atoms with Crippen LogP contribution in [0, 0.1) is 5.82 Å². The minimum absolute atomic E-state index is 0.218. The van der Waals surface area contributed by atoms with Gasteiger partial charge in [-0.1, -0.05) is 6.07 Å². The van der Waals surface area contributed by atoms with Gasteiger partial charge in [-0.05, 0) is 31.5 Å². The lowest BCUT2D eigenvalue weighted by Crippen LogP contribution is -2.44. The number of aliphatic imine (C=N–C) groups is 1. The van der Waals surface area contributed by atoms with Gasteiger partial charge in [0.2, 0.25) is 0 Å². The van der Waals surface area contributed by atoms with Crippen molar-refractivity contribution in [3.63, 3.8) is 0 Å². The maximum atomic E-state index is 13.7. The van der Waals surface area contributed by atoms with Gasteiger partial charge in [-0.25, -0.2) is 9.38 Å². The van der Waals surface area contributed by atoms with Crippen LogP contribution >= 0.6 is 0 Å². The minimum atomic E-state index is -1.09. The van der Waals surface area contributed by atoms with Crippen molar-refractivity contribution in [1.82, 2.24) is 20.4 Å². The van der Waals surface area contributed by atoms with Crippen molar-refractivity contribution in [2.45, 2.75) is 32.6 Å². The van der Waals surface area contributed by atoms with E-state index in [-0.39, 0.29) is 19.0 Å². The van der Waals surface area contributed by atoms with Gasteiger partial charge >= 0.3 is 0 Å². The van der Waals surface area contributed by atoms with Gasteiger partial charge in [-0.3, -0.25) is 4.68 Å². The van der Waals surface area contributed by atoms with Gasteiger partial charge in [-0.15, -0.1) is 0 Å². The third-order valence-corrected chi connectivity index (χ3v) is 4.10. The van der Waals surface area contributed by atoms with Crippen LogP contribution in [0.1, 0.15) is 30.5 Å². The lowest BCUT2D eigenvalue weighted by atomic mass is 10.00. The molecule has 2 aromatic rings. The zero-order valence-electron chi connectivity index (χ0n) is 16.3. The molecular formula is C19H28FN5O2. The second-order valence-electron chi connectivity index (χ2n) is 6.58. The number of aromatic nitrogens is 2. The maximum Gasteiger partial charge on any atom is 0.191 e. The van der Waals surface area contributed by atoms with Crippen LogP contribution < -0.4 is 10.6 Å². The molecule has 0 saturated carbocycles. The Morgan fingerprint density at radius 2 is 2.19 bits per heavy atom. The third-order valence-electron chi connectivity index (χ3n) is 4.10. The molecule has 1 aromatic carbocycles. The van der Waals surface area contributed by atoms with Crippen molar-refractivity contribution >= 4 is 5.96 Å². The van der Waals surface area contributed by atoms with E-state index >= 15 is 0 Å². The van der Waals surface area contributed by atoms with Crippen molar-refractivity contribution in [2.75, 3.05) is 20.2 Å². The number of nitrogens with one attached hydrogen (secondary N) is 2. The first-order valence-electron chi connectivity index (χ1n) is 8.85. The Bertz CT molecular complexity index is 773. The molecule has 0 amide bonds. The zero-order valence-corrected chi connectivity index (χ0v) is 16.3. The normalized spacial score (nSPS) is 14.1. The van der Waals surface area contributed by atoms with Crippen LogP contribution in [-0.4, -0.2) is 41.0 Å². The average Bonchev–Trinajstić information content (AvgIpc) is 3.07.